The summed E-state index contributed by atoms with van der Waals surface area (Å²) in [6, 6.07) is 10.7. The molecule has 0 bridgehead atoms. The average Bonchev–Trinajstić information content (AvgIpc) is 3.02. The first kappa shape index (κ1) is 16.0. The molecule has 0 spiro atoms. The van der Waals surface area contributed by atoms with Crippen LogP contribution in [-0.2, 0) is 0 Å². The highest BCUT2D eigenvalue weighted by molar-refractivity contribution is 5.17. The van der Waals surface area contributed by atoms with E-state index in [0.29, 0.717) is 6.04 Å². The fourth-order valence-electron chi connectivity index (χ4n) is 3.98. The van der Waals surface area contributed by atoms with Gasteiger partial charge >= 0.3 is 0 Å². The molecule has 2 aliphatic heterocycles. The molecule has 2 saturated heterocycles. The van der Waals surface area contributed by atoms with Crippen LogP contribution >= 0.6 is 0 Å². The predicted molar refractivity (Wildman–Crippen MR) is 90.9 cm³/mol. The molecule has 2 atom stereocenters. The molecule has 0 radical (unpaired) electrons. The quantitative estimate of drug-likeness (QED) is 0.875. The highest BCUT2D eigenvalue weighted by Gasteiger charge is 2.27. The Hall–Kier alpha value is -0.900. The third kappa shape index (κ3) is 4.31. The Bertz CT molecular complexity index is 430. The van der Waals surface area contributed by atoms with Crippen LogP contribution in [0.3, 0.4) is 0 Å². The lowest BCUT2D eigenvalue weighted by atomic mass is 10.0. The summed E-state index contributed by atoms with van der Waals surface area (Å²) < 4.78 is 0. The molecule has 0 unspecified atom stereocenters. The van der Waals surface area contributed by atoms with Gasteiger partial charge < -0.3 is 10.0 Å². The minimum atomic E-state index is -0.318. The first-order valence-electron chi connectivity index (χ1n) is 9.02. The molecule has 3 nitrogen and oxygen atoms in total. The van der Waals surface area contributed by atoms with Crippen LogP contribution in [0.4, 0.5) is 0 Å². The van der Waals surface area contributed by atoms with Crippen molar-refractivity contribution in [2.75, 3.05) is 32.7 Å². The van der Waals surface area contributed by atoms with Crippen LogP contribution in [0.5, 0.6) is 0 Å². The molecule has 2 aliphatic rings. The topological polar surface area (TPSA) is 26.7 Å². The van der Waals surface area contributed by atoms with E-state index in [1.165, 1.54) is 64.8 Å². The maximum absolute atomic E-state index is 10.5. The van der Waals surface area contributed by atoms with Crippen LogP contribution in [-0.4, -0.2) is 53.7 Å². The molecule has 2 fully saturated rings. The Morgan fingerprint density at radius 2 is 1.73 bits per heavy atom. The van der Waals surface area contributed by atoms with Crippen molar-refractivity contribution < 1.29 is 5.11 Å². The third-order valence-corrected chi connectivity index (χ3v) is 5.33. The Morgan fingerprint density at radius 1 is 0.955 bits per heavy atom. The van der Waals surface area contributed by atoms with Gasteiger partial charge in [-0.05, 0) is 57.3 Å². The zero-order valence-corrected chi connectivity index (χ0v) is 13.7. The summed E-state index contributed by atoms with van der Waals surface area (Å²) in [6.07, 6.45) is 7.24. The first-order chi connectivity index (χ1) is 10.8. The normalized spacial score (nSPS) is 25.4. The summed E-state index contributed by atoms with van der Waals surface area (Å²) in [6.45, 7) is 6.15. The molecular weight excluding hydrogens is 272 g/mol. The van der Waals surface area contributed by atoms with Crippen molar-refractivity contribution >= 4 is 0 Å². The van der Waals surface area contributed by atoms with Crippen molar-refractivity contribution in [3.8, 4) is 0 Å². The van der Waals surface area contributed by atoms with E-state index in [-0.39, 0.29) is 6.10 Å². The standard InChI is InChI=1S/C19H30N2O/c22-19(17-8-3-1-4-9-17)16-18-10-7-13-21(18)15-14-20-11-5-2-6-12-20/h1,3-4,8-9,18-19,22H,2,5-7,10-16H2/t18-,19+/m0/s1. The monoisotopic (exact) mass is 302 g/mol. The molecule has 3 heteroatoms. The van der Waals surface area contributed by atoms with E-state index in [9.17, 15) is 5.11 Å². The number of rotatable bonds is 6. The van der Waals surface area contributed by atoms with Crippen LogP contribution in [0.2, 0.25) is 0 Å². The number of piperidine rings is 1. The third-order valence-electron chi connectivity index (χ3n) is 5.33. The molecule has 122 valence electrons. The minimum Gasteiger partial charge on any atom is -0.388 e. The number of aliphatic hydroxyl groups is 1. The summed E-state index contributed by atoms with van der Waals surface area (Å²) in [7, 11) is 0. The maximum Gasteiger partial charge on any atom is 0.0805 e. The van der Waals surface area contributed by atoms with Crippen molar-refractivity contribution in [2.45, 2.75) is 50.7 Å². The summed E-state index contributed by atoms with van der Waals surface area (Å²) in [5.41, 5.74) is 1.06. The fraction of sp³-hybridized carbons (Fsp3) is 0.684. The number of nitrogens with zero attached hydrogens (tertiary/aromatic N) is 2. The van der Waals surface area contributed by atoms with Crippen LogP contribution in [0, 0.1) is 0 Å². The van der Waals surface area contributed by atoms with Gasteiger partial charge in [0.2, 0.25) is 0 Å². The molecule has 3 rings (SSSR count). The van der Waals surface area contributed by atoms with Gasteiger partial charge in [-0.2, -0.15) is 0 Å². The largest absolute Gasteiger partial charge is 0.388 e. The van der Waals surface area contributed by atoms with Crippen molar-refractivity contribution in [1.82, 2.24) is 9.80 Å². The zero-order chi connectivity index (χ0) is 15.2. The number of likely N-dealkylation sites (tertiary alicyclic amines) is 2. The molecule has 0 aromatic heterocycles. The summed E-state index contributed by atoms with van der Waals surface area (Å²) in [5, 5.41) is 10.5. The maximum atomic E-state index is 10.5. The van der Waals surface area contributed by atoms with Crippen LogP contribution in [0.1, 0.15) is 50.2 Å². The van der Waals surface area contributed by atoms with Crippen molar-refractivity contribution in [1.29, 1.82) is 0 Å². The van der Waals surface area contributed by atoms with E-state index < -0.39 is 0 Å². The van der Waals surface area contributed by atoms with E-state index >= 15 is 0 Å². The number of aliphatic hydroxyl groups excluding tert-OH is 1. The van der Waals surface area contributed by atoms with Gasteiger partial charge in [0, 0.05) is 19.1 Å². The highest BCUT2D eigenvalue weighted by Crippen LogP contribution is 2.27. The number of hydrogen-bond acceptors (Lipinski definition) is 3. The van der Waals surface area contributed by atoms with E-state index in [1.54, 1.807) is 0 Å². The lowest BCUT2D eigenvalue weighted by molar-refractivity contribution is 0.111. The van der Waals surface area contributed by atoms with Crippen LogP contribution < -0.4 is 0 Å². The second kappa shape index (κ2) is 8.09. The van der Waals surface area contributed by atoms with Gasteiger partial charge in [-0.3, -0.25) is 4.90 Å². The van der Waals surface area contributed by atoms with Crippen molar-refractivity contribution in [3.05, 3.63) is 35.9 Å². The smallest absolute Gasteiger partial charge is 0.0805 e. The molecule has 1 N–H and O–H groups in total. The van der Waals surface area contributed by atoms with Gasteiger partial charge in [0.05, 0.1) is 6.10 Å². The van der Waals surface area contributed by atoms with Crippen molar-refractivity contribution in [3.63, 3.8) is 0 Å². The summed E-state index contributed by atoms with van der Waals surface area (Å²) in [5.74, 6) is 0. The molecule has 2 heterocycles. The predicted octanol–water partition coefficient (Wildman–Crippen LogP) is 3.06. The Labute approximate surface area is 134 Å². The van der Waals surface area contributed by atoms with Gasteiger partial charge in [0.1, 0.15) is 0 Å². The molecule has 22 heavy (non-hydrogen) atoms. The first-order valence-corrected chi connectivity index (χ1v) is 9.02. The molecule has 0 saturated carbocycles. The van der Waals surface area contributed by atoms with Crippen molar-refractivity contribution in [2.24, 2.45) is 0 Å². The fourth-order valence-corrected chi connectivity index (χ4v) is 3.98. The lowest BCUT2D eigenvalue weighted by Crippen LogP contribution is -2.40. The Balaban J connectivity index is 1.47. The number of benzene rings is 1. The van der Waals surface area contributed by atoms with Gasteiger partial charge in [-0.1, -0.05) is 36.8 Å². The Kier molecular flexibility index (Phi) is 5.88. The van der Waals surface area contributed by atoms with Gasteiger partial charge in [-0.25, -0.2) is 0 Å². The van der Waals surface area contributed by atoms with E-state index in [0.717, 1.165) is 12.0 Å². The molecular formula is C19H30N2O. The lowest BCUT2D eigenvalue weighted by Gasteiger charge is -2.31. The van der Waals surface area contributed by atoms with Gasteiger partial charge in [-0.15, -0.1) is 0 Å². The average molecular weight is 302 g/mol. The van der Waals surface area contributed by atoms with E-state index in [2.05, 4.69) is 9.80 Å². The van der Waals surface area contributed by atoms with Crippen LogP contribution in [0.15, 0.2) is 30.3 Å². The second-order valence-electron chi connectivity index (χ2n) is 6.90. The number of hydrogen-bond donors (Lipinski definition) is 1. The highest BCUT2D eigenvalue weighted by atomic mass is 16.3. The molecule has 0 amide bonds. The van der Waals surface area contributed by atoms with E-state index in [1.807, 2.05) is 30.3 Å². The summed E-state index contributed by atoms with van der Waals surface area (Å²) >= 11 is 0. The molecule has 0 aliphatic carbocycles. The van der Waals surface area contributed by atoms with Gasteiger partial charge in [0.25, 0.3) is 0 Å². The second-order valence-corrected chi connectivity index (χ2v) is 6.90. The summed E-state index contributed by atoms with van der Waals surface area (Å²) in [4.78, 5) is 5.23. The molecule has 1 aromatic rings. The van der Waals surface area contributed by atoms with Gasteiger partial charge in [0.15, 0.2) is 0 Å². The van der Waals surface area contributed by atoms with Crippen LogP contribution in [0.25, 0.3) is 0 Å². The minimum absolute atomic E-state index is 0.318. The SMILES string of the molecule is O[C@H](C[C@@H]1CCCN1CCN1CCCCC1)c1ccccc1. The molecule has 1 aromatic carbocycles. The zero-order valence-electron chi connectivity index (χ0n) is 13.7. The van der Waals surface area contributed by atoms with E-state index in [4.69, 9.17) is 0 Å². The Morgan fingerprint density at radius 3 is 2.50 bits per heavy atom.